The third-order valence-corrected chi connectivity index (χ3v) is 3.59. The summed E-state index contributed by atoms with van der Waals surface area (Å²) in [5.41, 5.74) is -0.164. The zero-order chi connectivity index (χ0) is 14.0. The quantitative estimate of drug-likeness (QED) is 0.834. The molecule has 0 aliphatic rings. The first kappa shape index (κ1) is 13.9. The minimum Gasteiger partial charge on any atom is -0.495 e. The summed E-state index contributed by atoms with van der Waals surface area (Å²) < 4.78 is 44.2. The standard InChI is InChI=1S/C13H12F3NOS/c1-3-8-4-5-9(13(14,15)16)11(17-8)12-10(18-2)6-7-19-12/h4-7H,3H2,1-2H3. The van der Waals surface area contributed by atoms with Gasteiger partial charge in [-0.3, -0.25) is 4.98 Å². The molecule has 0 fully saturated rings. The maximum absolute atomic E-state index is 13.0. The van der Waals surface area contributed by atoms with Crippen molar-refractivity contribution in [1.29, 1.82) is 0 Å². The van der Waals surface area contributed by atoms with Crippen LogP contribution in [-0.4, -0.2) is 12.1 Å². The molecule has 0 N–H and O–H groups in total. The van der Waals surface area contributed by atoms with Crippen molar-refractivity contribution in [2.24, 2.45) is 0 Å². The molecule has 0 unspecified atom stereocenters. The van der Waals surface area contributed by atoms with Crippen LogP contribution in [0.4, 0.5) is 13.2 Å². The van der Waals surface area contributed by atoms with E-state index in [0.29, 0.717) is 22.7 Å². The predicted molar refractivity (Wildman–Crippen MR) is 68.5 cm³/mol. The number of halogens is 3. The first-order valence-electron chi connectivity index (χ1n) is 5.66. The van der Waals surface area contributed by atoms with Gasteiger partial charge in [0, 0.05) is 5.69 Å². The Morgan fingerprint density at radius 3 is 2.58 bits per heavy atom. The Morgan fingerprint density at radius 2 is 2.00 bits per heavy atom. The molecule has 0 saturated carbocycles. The Bertz CT molecular complexity index is 578. The third-order valence-electron chi connectivity index (χ3n) is 2.68. The highest BCUT2D eigenvalue weighted by Crippen LogP contribution is 2.41. The number of hydrogen-bond donors (Lipinski definition) is 0. The minimum atomic E-state index is -4.43. The Morgan fingerprint density at radius 1 is 1.26 bits per heavy atom. The van der Waals surface area contributed by atoms with E-state index >= 15 is 0 Å². The Kier molecular flexibility index (Phi) is 3.80. The molecule has 0 aromatic carbocycles. The molecule has 0 amide bonds. The molecule has 19 heavy (non-hydrogen) atoms. The molecule has 0 atom stereocenters. The molecule has 0 radical (unpaired) electrons. The summed E-state index contributed by atoms with van der Waals surface area (Å²) in [6, 6.07) is 4.13. The van der Waals surface area contributed by atoms with E-state index in [4.69, 9.17) is 4.74 Å². The van der Waals surface area contributed by atoms with Gasteiger partial charge >= 0.3 is 6.18 Å². The molecule has 0 saturated heterocycles. The Hall–Kier alpha value is -1.56. The molecular weight excluding hydrogens is 275 g/mol. The summed E-state index contributed by atoms with van der Waals surface area (Å²) in [6.45, 7) is 1.85. The van der Waals surface area contributed by atoms with E-state index in [0.717, 1.165) is 6.07 Å². The van der Waals surface area contributed by atoms with Crippen LogP contribution in [0.3, 0.4) is 0 Å². The van der Waals surface area contributed by atoms with Gasteiger partial charge in [-0.25, -0.2) is 0 Å². The van der Waals surface area contributed by atoms with Crippen molar-refractivity contribution in [3.05, 3.63) is 34.8 Å². The molecule has 2 aromatic heterocycles. The molecule has 0 aliphatic carbocycles. The zero-order valence-electron chi connectivity index (χ0n) is 10.4. The van der Waals surface area contributed by atoms with Gasteiger partial charge in [-0.1, -0.05) is 6.92 Å². The number of pyridine rings is 1. The lowest BCUT2D eigenvalue weighted by Gasteiger charge is -2.13. The highest BCUT2D eigenvalue weighted by Gasteiger charge is 2.35. The van der Waals surface area contributed by atoms with Crippen molar-refractivity contribution in [2.75, 3.05) is 7.11 Å². The summed E-state index contributed by atoms with van der Waals surface area (Å²) in [5, 5.41) is 1.69. The van der Waals surface area contributed by atoms with Gasteiger partial charge in [-0.2, -0.15) is 13.2 Å². The first-order chi connectivity index (χ1) is 8.97. The van der Waals surface area contributed by atoms with E-state index in [2.05, 4.69) is 4.98 Å². The number of aromatic nitrogens is 1. The molecule has 0 spiro atoms. The second-order valence-electron chi connectivity index (χ2n) is 3.87. The fourth-order valence-electron chi connectivity index (χ4n) is 1.73. The lowest BCUT2D eigenvalue weighted by atomic mass is 10.1. The van der Waals surface area contributed by atoms with Crippen LogP contribution in [0.25, 0.3) is 10.6 Å². The van der Waals surface area contributed by atoms with E-state index < -0.39 is 11.7 Å². The van der Waals surface area contributed by atoms with Crippen molar-refractivity contribution < 1.29 is 17.9 Å². The largest absolute Gasteiger partial charge is 0.495 e. The summed E-state index contributed by atoms with van der Waals surface area (Å²) in [7, 11) is 1.43. The number of aryl methyl sites for hydroxylation is 1. The molecule has 102 valence electrons. The molecule has 2 aromatic rings. The number of thiophene rings is 1. The van der Waals surface area contributed by atoms with Crippen LogP contribution in [0.5, 0.6) is 5.75 Å². The number of rotatable bonds is 3. The number of methoxy groups -OCH3 is 1. The summed E-state index contributed by atoms with van der Waals surface area (Å²) >= 11 is 1.19. The van der Waals surface area contributed by atoms with Crippen LogP contribution >= 0.6 is 11.3 Å². The highest BCUT2D eigenvalue weighted by molar-refractivity contribution is 7.14. The van der Waals surface area contributed by atoms with E-state index in [-0.39, 0.29) is 5.69 Å². The van der Waals surface area contributed by atoms with E-state index in [1.807, 2.05) is 6.92 Å². The number of hydrogen-bond acceptors (Lipinski definition) is 3. The third kappa shape index (κ3) is 2.73. The van der Waals surface area contributed by atoms with Crippen LogP contribution in [0.1, 0.15) is 18.2 Å². The fourth-order valence-corrected chi connectivity index (χ4v) is 2.59. The highest BCUT2D eigenvalue weighted by atomic mass is 32.1. The minimum absolute atomic E-state index is 0.0568. The summed E-state index contributed by atoms with van der Waals surface area (Å²) in [5.74, 6) is 0.413. The van der Waals surface area contributed by atoms with E-state index in [1.54, 1.807) is 11.4 Å². The topological polar surface area (TPSA) is 22.1 Å². The van der Waals surface area contributed by atoms with Crippen LogP contribution in [-0.2, 0) is 12.6 Å². The number of nitrogens with zero attached hydrogens (tertiary/aromatic N) is 1. The van der Waals surface area contributed by atoms with Crippen molar-refractivity contribution in [2.45, 2.75) is 19.5 Å². The van der Waals surface area contributed by atoms with Crippen molar-refractivity contribution in [3.8, 4) is 16.3 Å². The SMILES string of the molecule is CCc1ccc(C(F)(F)F)c(-c2sccc2OC)n1. The van der Waals surface area contributed by atoms with Crippen LogP contribution in [0.2, 0.25) is 0 Å². The number of ether oxygens (including phenoxy) is 1. The van der Waals surface area contributed by atoms with Crippen molar-refractivity contribution >= 4 is 11.3 Å². The molecular formula is C13H12F3NOS. The second-order valence-corrected chi connectivity index (χ2v) is 4.78. The van der Waals surface area contributed by atoms with Gasteiger partial charge in [0.15, 0.2) is 0 Å². The van der Waals surface area contributed by atoms with Gasteiger partial charge < -0.3 is 4.74 Å². The van der Waals surface area contributed by atoms with E-state index in [9.17, 15) is 13.2 Å². The van der Waals surface area contributed by atoms with Crippen LogP contribution in [0.15, 0.2) is 23.6 Å². The molecule has 0 bridgehead atoms. The van der Waals surface area contributed by atoms with Gasteiger partial charge in [-0.15, -0.1) is 11.3 Å². The lowest BCUT2D eigenvalue weighted by Crippen LogP contribution is -2.09. The monoisotopic (exact) mass is 287 g/mol. The summed E-state index contributed by atoms with van der Waals surface area (Å²) in [4.78, 5) is 4.53. The zero-order valence-corrected chi connectivity index (χ0v) is 11.2. The molecule has 2 rings (SSSR count). The van der Waals surface area contributed by atoms with Gasteiger partial charge in [0.25, 0.3) is 0 Å². The Balaban J connectivity index is 2.65. The molecule has 6 heteroatoms. The van der Waals surface area contributed by atoms with Crippen LogP contribution in [0, 0.1) is 0 Å². The summed E-state index contributed by atoms with van der Waals surface area (Å²) in [6.07, 6.45) is -3.84. The van der Waals surface area contributed by atoms with Gasteiger partial charge in [0.1, 0.15) is 5.75 Å². The second kappa shape index (κ2) is 5.21. The van der Waals surface area contributed by atoms with Crippen molar-refractivity contribution in [3.63, 3.8) is 0 Å². The molecule has 2 nitrogen and oxygen atoms in total. The maximum atomic E-state index is 13.0. The smallest absolute Gasteiger partial charge is 0.418 e. The van der Waals surface area contributed by atoms with Gasteiger partial charge in [0.05, 0.1) is 23.2 Å². The average molecular weight is 287 g/mol. The van der Waals surface area contributed by atoms with Gasteiger partial charge in [0.2, 0.25) is 0 Å². The molecule has 0 aliphatic heterocycles. The van der Waals surface area contributed by atoms with Gasteiger partial charge in [-0.05, 0) is 30.0 Å². The van der Waals surface area contributed by atoms with Crippen LogP contribution < -0.4 is 4.74 Å². The normalized spacial score (nSPS) is 11.6. The first-order valence-corrected chi connectivity index (χ1v) is 6.54. The number of alkyl halides is 3. The maximum Gasteiger partial charge on any atom is 0.418 e. The Labute approximate surface area is 112 Å². The van der Waals surface area contributed by atoms with Crippen molar-refractivity contribution in [1.82, 2.24) is 4.98 Å². The molecule has 2 heterocycles. The van der Waals surface area contributed by atoms with E-state index in [1.165, 1.54) is 24.5 Å². The average Bonchev–Trinajstić information content (AvgIpc) is 2.85. The predicted octanol–water partition coefficient (Wildman–Crippen LogP) is 4.40. The lowest BCUT2D eigenvalue weighted by molar-refractivity contribution is -0.137. The fraction of sp³-hybridized carbons (Fsp3) is 0.308.